The molecule has 2 heterocycles. The van der Waals surface area contributed by atoms with Gasteiger partial charge in [-0.25, -0.2) is 4.98 Å². The smallest absolute Gasteiger partial charge is 0.255 e. The van der Waals surface area contributed by atoms with E-state index in [4.69, 9.17) is 4.74 Å². The molecule has 7 nitrogen and oxygen atoms in total. The van der Waals surface area contributed by atoms with Gasteiger partial charge < -0.3 is 19.7 Å². The first kappa shape index (κ1) is 17.4. The first-order valence-electron chi connectivity index (χ1n) is 8.58. The molecule has 0 radical (unpaired) electrons. The molecule has 1 unspecified atom stereocenters. The highest BCUT2D eigenvalue weighted by atomic mass is 16.5. The molecule has 3 rings (SSSR count). The lowest BCUT2D eigenvalue weighted by atomic mass is 10.1. The Hall–Kier alpha value is -2.41. The van der Waals surface area contributed by atoms with Crippen molar-refractivity contribution in [2.45, 2.75) is 51.5 Å². The Bertz CT molecular complexity index is 702. The Morgan fingerprint density at radius 1 is 1.40 bits per heavy atom. The van der Waals surface area contributed by atoms with E-state index in [1.54, 1.807) is 31.0 Å². The minimum Gasteiger partial charge on any atom is -0.489 e. The molecule has 1 amide bonds. The maximum absolute atomic E-state index is 12.6. The summed E-state index contributed by atoms with van der Waals surface area (Å²) in [7, 11) is 0. The molecule has 0 spiro atoms. The Labute approximate surface area is 147 Å². The van der Waals surface area contributed by atoms with E-state index >= 15 is 0 Å². The van der Waals surface area contributed by atoms with Gasteiger partial charge in [0.1, 0.15) is 0 Å². The predicted molar refractivity (Wildman–Crippen MR) is 92.2 cm³/mol. The molecule has 1 fully saturated rings. The van der Waals surface area contributed by atoms with E-state index in [9.17, 15) is 9.90 Å². The van der Waals surface area contributed by atoms with E-state index in [0.717, 1.165) is 13.0 Å². The summed E-state index contributed by atoms with van der Waals surface area (Å²) < 4.78 is 7.65. The molecule has 2 aromatic rings. The van der Waals surface area contributed by atoms with E-state index < -0.39 is 6.10 Å². The summed E-state index contributed by atoms with van der Waals surface area (Å²) in [6.45, 7) is 4.59. The normalized spacial score (nSPS) is 23.0. The third kappa shape index (κ3) is 4.36. The number of nitrogens with one attached hydrogen (secondary N) is 1. The molecule has 1 aliphatic rings. The number of aliphatic hydroxyl groups excluding tert-OH is 1. The van der Waals surface area contributed by atoms with Crippen LogP contribution in [0.4, 0.5) is 0 Å². The van der Waals surface area contributed by atoms with Crippen LogP contribution in [0.15, 0.2) is 37.2 Å². The SMILES string of the molecule is CC(C)Oc1cnccc1C(=O)N[C@@H]1CC(Cn2ccnc2)C[C@H]1O. The lowest BCUT2D eigenvalue weighted by molar-refractivity contribution is 0.0867. The van der Waals surface area contributed by atoms with Gasteiger partial charge in [-0.15, -0.1) is 0 Å². The van der Waals surface area contributed by atoms with Crippen LogP contribution in [0.3, 0.4) is 0 Å². The van der Waals surface area contributed by atoms with Gasteiger partial charge in [-0.05, 0) is 38.7 Å². The minimum absolute atomic E-state index is 0.0487. The van der Waals surface area contributed by atoms with Crippen LogP contribution in [-0.4, -0.2) is 43.8 Å². The fourth-order valence-electron chi connectivity index (χ4n) is 3.28. The number of pyridine rings is 1. The van der Waals surface area contributed by atoms with Gasteiger partial charge in [0.05, 0.1) is 36.3 Å². The number of ether oxygens (including phenoxy) is 1. The van der Waals surface area contributed by atoms with Crippen molar-refractivity contribution in [3.05, 3.63) is 42.7 Å². The van der Waals surface area contributed by atoms with E-state index in [-0.39, 0.29) is 18.1 Å². The van der Waals surface area contributed by atoms with Crippen molar-refractivity contribution >= 4 is 5.91 Å². The van der Waals surface area contributed by atoms with Crippen molar-refractivity contribution in [1.82, 2.24) is 19.9 Å². The average Bonchev–Trinajstić information content (AvgIpc) is 3.18. The average molecular weight is 344 g/mol. The van der Waals surface area contributed by atoms with Crippen molar-refractivity contribution in [3.8, 4) is 5.75 Å². The summed E-state index contributed by atoms with van der Waals surface area (Å²) in [5.74, 6) is 0.515. The van der Waals surface area contributed by atoms with Gasteiger partial charge in [0.25, 0.3) is 5.91 Å². The van der Waals surface area contributed by atoms with E-state index in [1.165, 1.54) is 0 Å². The fourth-order valence-corrected chi connectivity index (χ4v) is 3.28. The van der Waals surface area contributed by atoms with Gasteiger partial charge in [0, 0.05) is 25.1 Å². The molecule has 7 heteroatoms. The largest absolute Gasteiger partial charge is 0.489 e. The van der Waals surface area contributed by atoms with Crippen LogP contribution >= 0.6 is 0 Å². The lowest BCUT2D eigenvalue weighted by Crippen LogP contribution is -2.40. The van der Waals surface area contributed by atoms with Gasteiger partial charge in [0.15, 0.2) is 5.75 Å². The molecular weight excluding hydrogens is 320 g/mol. The summed E-state index contributed by atoms with van der Waals surface area (Å²) in [4.78, 5) is 20.7. The zero-order chi connectivity index (χ0) is 17.8. The molecule has 0 aromatic carbocycles. The number of nitrogens with zero attached hydrogens (tertiary/aromatic N) is 3. The second kappa shape index (κ2) is 7.65. The Balaban J connectivity index is 1.63. The Morgan fingerprint density at radius 2 is 2.24 bits per heavy atom. The zero-order valence-corrected chi connectivity index (χ0v) is 14.5. The number of amides is 1. The lowest BCUT2D eigenvalue weighted by Gasteiger charge is -2.18. The molecular formula is C18H24N4O3. The summed E-state index contributed by atoms with van der Waals surface area (Å²) in [5, 5.41) is 13.3. The summed E-state index contributed by atoms with van der Waals surface area (Å²) in [5.41, 5.74) is 0.439. The van der Waals surface area contributed by atoms with Crippen LogP contribution in [0, 0.1) is 5.92 Å². The van der Waals surface area contributed by atoms with Gasteiger partial charge >= 0.3 is 0 Å². The molecule has 25 heavy (non-hydrogen) atoms. The third-order valence-corrected chi connectivity index (χ3v) is 4.36. The minimum atomic E-state index is -0.547. The Kier molecular flexibility index (Phi) is 5.33. The number of aliphatic hydroxyl groups is 1. The maximum atomic E-state index is 12.6. The number of rotatable bonds is 6. The molecule has 1 aliphatic carbocycles. The number of hydrogen-bond donors (Lipinski definition) is 2. The van der Waals surface area contributed by atoms with Crippen molar-refractivity contribution in [1.29, 1.82) is 0 Å². The summed E-state index contributed by atoms with van der Waals surface area (Å²) in [6, 6.07) is 1.37. The van der Waals surface area contributed by atoms with Crippen molar-refractivity contribution < 1.29 is 14.6 Å². The van der Waals surface area contributed by atoms with Gasteiger partial charge in [0.2, 0.25) is 0 Å². The predicted octanol–water partition coefficient (Wildman–Crippen LogP) is 1.63. The molecule has 134 valence electrons. The molecule has 0 bridgehead atoms. The summed E-state index contributed by atoms with van der Waals surface area (Å²) >= 11 is 0. The second-order valence-electron chi connectivity index (χ2n) is 6.78. The first-order valence-corrected chi connectivity index (χ1v) is 8.58. The van der Waals surface area contributed by atoms with Crippen LogP contribution in [0.25, 0.3) is 0 Å². The van der Waals surface area contributed by atoms with Crippen LogP contribution < -0.4 is 10.1 Å². The fraction of sp³-hybridized carbons (Fsp3) is 0.500. The monoisotopic (exact) mass is 344 g/mol. The molecule has 3 atom stereocenters. The molecule has 0 saturated heterocycles. The number of carbonyl (C=O) groups excluding carboxylic acids is 1. The first-order chi connectivity index (χ1) is 12.0. The third-order valence-electron chi connectivity index (χ3n) is 4.36. The van der Waals surface area contributed by atoms with Gasteiger partial charge in [-0.2, -0.15) is 0 Å². The maximum Gasteiger partial charge on any atom is 0.255 e. The van der Waals surface area contributed by atoms with Crippen molar-refractivity contribution in [3.63, 3.8) is 0 Å². The summed E-state index contributed by atoms with van der Waals surface area (Å²) in [6.07, 6.45) is 9.32. The van der Waals surface area contributed by atoms with Gasteiger partial charge in [-0.3, -0.25) is 9.78 Å². The molecule has 2 aromatic heterocycles. The highest BCUT2D eigenvalue weighted by Gasteiger charge is 2.34. The Morgan fingerprint density at radius 3 is 2.96 bits per heavy atom. The number of hydrogen-bond acceptors (Lipinski definition) is 5. The quantitative estimate of drug-likeness (QED) is 0.831. The topological polar surface area (TPSA) is 89.3 Å². The van der Waals surface area contributed by atoms with Crippen LogP contribution in [0.2, 0.25) is 0 Å². The molecule has 1 saturated carbocycles. The molecule has 2 N–H and O–H groups in total. The zero-order valence-electron chi connectivity index (χ0n) is 14.5. The highest BCUT2D eigenvalue weighted by Crippen LogP contribution is 2.28. The van der Waals surface area contributed by atoms with Crippen LogP contribution in [0.5, 0.6) is 5.75 Å². The van der Waals surface area contributed by atoms with Gasteiger partial charge in [-0.1, -0.05) is 0 Å². The van der Waals surface area contributed by atoms with Crippen molar-refractivity contribution in [2.24, 2.45) is 5.92 Å². The van der Waals surface area contributed by atoms with E-state index in [0.29, 0.717) is 23.7 Å². The van der Waals surface area contributed by atoms with Crippen LogP contribution in [-0.2, 0) is 6.54 Å². The van der Waals surface area contributed by atoms with E-state index in [2.05, 4.69) is 15.3 Å². The number of aromatic nitrogens is 3. The second-order valence-corrected chi connectivity index (χ2v) is 6.78. The standard InChI is InChI=1S/C18H24N4O3/c1-12(2)25-17-9-19-4-3-14(17)18(24)21-15-7-13(8-16(15)23)10-22-6-5-20-11-22/h3-6,9,11-13,15-16,23H,7-8,10H2,1-2H3,(H,21,24)/t13?,15-,16-/m1/s1. The highest BCUT2D eigenvalue weighted by molar-refractivity contribution is 5.97. The molecule has 0 aliphatic heterocycles. The van der Waals surface area contributed by atoms with Crippen molar-refractivity contribution in [2.75, 3.05) is 0 Å². The number of carbonyl (C=O) groups is 1. The van der Waals surface area contributed by atoms with Crippen LogP contribution in [0.1, 0.15) is 37.0 Å². The number of imidazole rings is 1. The van der Waals surface area contributed by atoms with E-state index in [1.807, 2.05) is 24.6 Å².